The maximum absolute atomic E-state index is 13.1. The van der Waals surface area contributed by atoms with E-state index in [-0.39, 0.29) is 24.5 Å². The van der Waals surface area contributed by atoms with Gasteiger partial charge in [-0.2, -0.15) is 0 Å². The van der Waals surface area contributed by atoms with Crippen LogP contribution in [-0.4, -0.2) is 35.4 Å². The van der Waals surface area contributed by atoms with Gasteiger partial charge in [-0.3, -0.25) is 9.59 Å². The summed E-state index contributed by atoms with van der Waals surface area (Å²) in [5, 5.41) is 3.66. The molecule has 2 aromatic rings. The van der Waals surface area contributed by atoms with Crippen molar-refractivity contribution in [2.24, 2.45) is 0 Å². The smallest absolute Gasteiger partial charge is 0.261 e. The summed E-state index contributed by atoms with van der Waals surface area (Å²) in [4.78, 5) is 27.6. The zero-order valence-electron chi connectivity index (χ0n) is 17.2. The van der Waals surface area contributed by atoms with Crippen molar-refractivity contribution in [3.63, 3.8) is 0 Å². The van der Waals surface area contributed by atoms with Crippen LogP contribution >= 0.6 is 43.5 Å². The van der Waals surface area contributed by atoms with Gasteiger partial charge in [-0.15, -0.1) is 0 Å². The molecule has 8 heteroatoms. The van der Waals surface area contributed by atoms with Gasteiger partial charge in [0.2, 0.25) is 5.91 Å². The Bertz CT molecular complexity index is 918. The van der Waals surface area contributed by atoms with Gasteiger partial charge < -0.3 is 15.0 Å². The van der Waals surface area contributed by atoms with Gasteiger partial charge in [0.05, 0.1) is 4.47 Å². The Morgan fingerprint density at radius 3 is 2.48 bits per heavy atom. The zero-order chi connectivity index (χ0) is 22.4. The molecule has 0 radical (unpaired) electrons. The average molecular weight is 573 g/mol. The largest absolute Gasteiger partial charge is 0.483 e. The molecule has 1 aliphatic rings. The Morgan fingerprint density at radius 1 is 1.16 bits per heavy atom. The summed E-state index contributed by atoms with van der Waals surface area (Å²) in [6.07, 6.45) is 4.25. The summed E-state index contributed by atoms with van der Waals surface area (Å²) in [6, 6.07) is 12.4. The second-order valence-corrected chi connectivity index (χ2v) is 9.88. The summed E-state index contributed by atoms with van der Waals surface area (Å²) in [5.41, 5.74) is 0.935. The normalized spacial score (nSPS) is 14.8. The molecule has 1 fully saturated rings. The van der Waals surface area contributed by atoms with E-state index < -0.39 is 6.04 Å². The summed E-state index contributed by atoms with van der Waals surface area (Å²) in [5.74, 6) is 0.119. The maximum Gasteiger partial charge on any atom is 0.261 e. The second kappa shape index (κ2) is 11.3. The van der Waals surface area contributed by atoms with E-state index in [4.69, 9.17) is 16.3 Å². The fourth-order valence-electron chi connectivity index (χ4n) is 3.58. The Kier molecular flexibility index (Phi) is 8.81. The molecule has 1 saturated carbocycles. The van der Waals surface area contributed by atoms with Crippen LogP contribution in [0.4, 0.5) is 0 Å². The molecule has 0 spiro atoms. The molecule has 0 aromatic heterocycles. The number of benzene rings is 2. The lowest BCUT2D eigenvalue weighted by molar-refractivity contribution is -0.142. The molecule has 166 valence electrons. The minimum atomic E-state index is -0.617. The van der Waals surface area contributed by atoms with Crippen LogP contribution in [0.2, 0.25) is 5.02 Å². The Morgan fingerprint density at radius 2 is 1.84 bits per heavy atom. The van der Waals surface area contributed by atoms with E-state index in [1.54, 1.807) is 30.0 Å². The number of ether oxygens (including phenoxy) is 1. The molecule has 0 saturated heterocycles. The van der Waals surface area contributed by atoms with E-state index in [0.717, 1.165) is 35.7 Å². The minimum absolute atomic E-state index is 0.134. The maximum atomic E-state index is 13.1. The van der Waals surface area contributed by atoms with Gasteiger partial charge in [0, 0.05) is 22.1 Å². The van der Waals surface area contributed by atoms with Gasteiger partial charge in [-0.05, 0) is 71.6 Å². The fraction of sp³-hybridized carbons (Fsp3) is 0.391. The molecule has 0 heterocycles. The molecule has 0 bridgehead atoms. The first-order valence-corrected chi connectivity index (χ1v) is 12.2. The van der Waals surface area contributed by atoms with E-state index in [1.165, 1.54) is 0 Å². The number of rotatable bonds is 8. The van der Waals surface area contributed by atoms with Crippen molar-refractivity contribution in [3.05, 3.63) is 62.0 Å². The highest BCUT2D eigenvalue weighted by Crippen LogP contribution is 2.28. The highest BCUT2D eigenvalue weighted by molar-refractivity contribution is 9.10. The SMILES string of the molecule is C[C@@H](C(=O)NC1CCCC1)N(Cc1ccc(Br)cc1)C(=O)COc1ccc(Cl)cc1Br. The lowest BCUT2D eigenvalue weighted by Crippen LogP contribution is -2.50. The summed E-state index contributed by atoms with van der Waals surface area (Å²) < 4.78 is 7.34. The summed E-state index contributed by atoms with van der Waals surface area (Å²) in [6.45, 7) is 1.90. The standard InChI is InChI=1S/C23H25Br2ClN2O3/c1-15(23(30)27-19-4-2-3-5-19)28(13-16-6-8-17(24)9-7-16)22(29)14-31-21-11-10-18(26)12-20(21)25/h6-12,15,19H,2-5,13-14H2,1H3,(H,27,30)/t15-/m0/s1. The van der Waals surface area contributed by atoms with Crippen LogP contribution in [0.25, 0.3) is 0 Å². The summed E-state index contributed by atoms with van der Waals surface area (Å²) >= 11 is 12.8. The molecule has 2 amide bonds. The highest BCUT2D eigenvalue weighted by atomic mass is 79.9. The number of nitrogens with one attached hydrogen (secondary N) is 1. The predicted molar refractivity (Wildman–Crippen MR) is 129 cm³/mol. The molecule has 1 atom stereocenters. The quantitative estimate of drug-likeness (QED) is 0.440. The van der Waals surface area contributed by atoms with Crippen LogP contribution in [0.15, 0.2) is 51.4 Å². The molecule has 2 aromatic carbocycles. The average Bonchev–Trinajstić information content (AvgIpc) is 3.25. The molecule has 31 heavy (non-hydrogen) atoms. The number of halogens is 3. The Labute approximate surface area is 204 Å². The van der Waals surface area contributed by atoms with Crippen molar-refractivity contribution in [1.82, 2.24) is 10.2 Å². The monoisotopic (exact) mass is 570 g/mol. The number of amides is 2. The minimum Gasteiger partial charge on any atom is -0.483 e. The van der Waals surface area contributed by atoms with Crippen molar-refractivity contribution in [2.75, 3.05) is 6.61 Å². The van der Waals surface area contributed by atoms with Crippen molar-refractivity contribution in [3.8, 4) is 5.75 Å². The van der Waals surface area contributed by atoms with E-state index in [9.17, 15) is 9.59 Å². The number of carbonyl (C=O) groups excluding carboxylic acids is 2. The number of hydrogen-bond acceptors (Lipinski definition) is 3. The number of nitrogens with zero attached hydrogens (tertiary/aromatic N) is 1. The lowest BCUT2D eigenvalue weighted by atomic mass is 10.1. The Hall–Kier alpha value is -1.57. The molecule has 1 aliphatic carbocycles. The van der Waals surface area contributed by atoms with E-state index in [0.29, 0.717) is 21.8 Å². The van der Waals surface area contributed by atoms with E-state index in [2.05, 4.69) is 37.2 Å². The number of hydrogen-bond donors (Lipinski definition) is 1. The first-order valence-electron chi connectivity index (χ1n) is 10.3. The third-order valence-electron chi connectivity index (χ3n) is 5.38. The molecule has 0 aliphatic heterocycles. The molecule has 0 unspecified atom stereocenters. The van der Waals surface area contributed by atoms with Crippen LogP contribution in [0, 0.1) is 0 Å². The first-order chi connectivity index (χ1) is 14.8. The predicted octanol–water partition coefficient (Wildman–Crippen LogP) is 5.72. The third kappa shape index (κ3) is 6.96. The van der Waals surface area contributed by atoms with Gasteiger partial charge >= 0.3 is 0 Å². The highest BCUT2D eigenvalue weighted by Gasteiger charge is 2.28. The van der Waals surface area contributed by atoms with Gasteiger partial charge in [0.1, 0.15) is 11.8 Å². The fourth-order valence-corrected chi connectivity index (χ4v) is 4.64. The third-order valence-corrected chi connectivity index (χ3v) is 6.76. The van der Waals surface area contributed by atoms with Crippen LogP contribution in [-0.2, 0) is 16.1 Å². The molecule has 1 N–H and O–H groups in total. The van der Waals surface area contributed by atoms with Gasteiger partial charge in [-0.1, -0.05) is 52.5 Å². The second-order valence-electron chi connectivity index (χ2n) is 7.68. The molecular weight excluding hydrogens is 548 g/mol. The van der Waals surface area contributed by atoms with Crippen LogP contribution in [0.5, 0.6) is 5.75 Å². The van der Waals surface area contributed by atoms with Gasteiger partial charge in [-0.25, -0.2) is 0 Å². The molecular formula is C23H25Br2ClN2O3. The zero-order valence-corrected chi connectivity index (χ0v) is 21.2. The van der Waals surface area contributed by atoms with Crippen LogP contribution in [0.3, 0.4) is 0 Å². The van der Waals surface area contributed by atoms with Crippen molar-refractivity contribution in [2.45, 2.75) is 51.2 Å². The molecule has 5 nitrogen and oxygen atoms in total. The number of carbonyl (C=O) groups is 2. The van der Waals surface area contributed by atoms with Gasteiger partial charge in [0.15, 0.2) is 6.61 Å². The van der Waals surface area contributed by atoms with Gasteiger partial charge in [0.25, 0.3) is 5.91 Å². The van der Waals surface area contributed by atoms with Crippen molar-refractivity contribution in [1.29, 1.82) is 0 Å². The first kappa shape index (κ1) is 24.1. The lowest BCUT2D eigenvalue weighted by Gasteiger charge is -2.29. The van der Waals surface area contributed by atoms with E-state index in [1.807, 2.05) is 24.3 Å². The van der Waals surface area contributed by atoms with E-state index >= 15 is 0 Å². The van der Waals surface area contributed by atoms with Crippen LogP contribution in [0.1, 0.15) is 38.2 Å². The Balaban J connectivity index is 1.72. The van der Waals surface area contributed by atoms with Crippen molar-refractivity contribution >= 4 is 55.3 Å². The van der Waals surface area contributed by atoms with Crippen LogP contribution < -0.4 is 10.1 Å². The summed E-state index contributed by atoms with van der Waals surface area (Å²) in [7, 11) is 0. The molecule has 3 rings (SSSR count). The topological polar surface area (TPSA) is 58.6 Å². The van der Waals surface area contributed by atoms with Crippen molar-refractivity contribution < 1.29 is 14.3 Å².